The normalized spacial score (nSPS) is 44.7. The first-order valence-electron chi connectivity index (χ1n) is 14.3. The van der Waals surface area contributed by atoms with Gasteiger partial charge in [0.15, 0.2) is 0 Å². The number of hydrogen-bond acceptors (Lipinski definition) is 1. The monoisotopic (exact) mass is 438 g/mol. The molecule has 9 unspecified atom stereocenters. The Labute approximate surface area is 198 Å². The maximum Gasteiger partial charge on any atom is 0.0524 e. The number of hydrogen-bond donors (Lipinski definition) is 0. The molecular formula is C30H50N2. The van der Waals surface area contributed by atoms with Crippen LogP contribution < -0.4 is 0 Å². The van der Waals surface area contributed by atoms with Crippen LogP contribution in [0.25, 0.3) is 0 Å². The van der Waals surface area contributed by atoms with E-state index >= 15 is 0 Å². The lowest BCUT2D eigenvalue weighted by Gasteiger charge is -2.60. The summed E-state index contributed by atoms with van der Waals surface area (Å²) in [5.74, 6) is 7.29. The molecule has 5 rings (SSSR count). The van der Waals surface area contributed by atoms with Gasteiger partial charge in [-0.25, -0.2) is 0 Å². The van der Waals surface area contributed by atoms with Crippen LogP contribution in [0, 0.1) is 52.3 Å². The second-order valence-electron chi connectivity index (χ2n) is 13.6. The van der Waals surface area contributed by atoms with Gasteiger partial charge in [-0.05, 0) is 115 Å². The van der Waals surface area contributed by atoms with Gasteiger partial charge in [0.1, 0.15) is 0 Å². The third-order valence-corrected chi connectivity index (χ3v) is 11.7. The summed E-state index contributed by atoms with van der Waals surface area (Å²) in [4.78, 5) is 0. The van der Waals surface area contributed by atoms with Crippen molar-refractivity contribution in [1.82, 2.24) is 9.78 Å². The molecule has 180 valence electrons. The second kappa shape index (κ2) is 8.46. The van der Waals surface area contributed by atoms with E-state index in [9.17, 15) is 0 Å². The summed E-state index contributed by atoms with van der Waals surface area (Å²) >= 11 is 0. The zero-order chi connectivity index (χ0) is 22.7. The summed E-state index contributed by atoms with van der Waals surface area (Å²) in [5, 5.41) is 4.72. The van der Waals surface area contributed by atoms with Crippen LogP contribution >= 0.6 is 0 Å². The van der Waals surface area contributed by atoms with Gasteiger partial charge in [0.25, 0.3) is 0 Å². The van der Waals surface area contributed by atoms with Crippen LogP contribution in [0.15, 0.2) is 12.4 Å². The molecule has 2 nitrogen and oxygen atoms in total. The van der Waals surface area contributed by atoms with Gasteiger partial charge in [-0.3, -0.25) is 4.68 Å². The zero-order valence-electron chi connectivity index (χ0n) is 21.9. The highest BCUT2D eigenvalue weighted by Crippen LogP contribution is 2.67. The number of rotatable bonds is 5. The summed E-state index contributed by atoms with van der Waals surface area (Å²) < 4.78 is 2.25. The average Bonchev–Trinajstić information content (AvgIpc) is 3.36. The van der Waals surface area contributed by atoms with Crippen molar-refractivity contribution in [3.8, 4) is 0 Å². The Morgan fingerprint density at radius 2 is 1.69 bits per heavy atom. The molecule has 32 heavy (non-hydrogen) atoms. The molecule has 0 N–H and O–H groups in total. The zero-order valence-corrected chi connectivity index (χ0v) is 21.9. The topological polar surface area (TPSA) is 17.8 Å². The van der Waals surface area contributed by atoms with Crippen molar-refractivity contribution in [2.45, 2.75) is 118 Å². The Hall–Kier alpha value is -0.790. The molecular weight excluding hydrogens is 388 g/mol. The first kappa shape index (κ1) is 23.0. The van der Waals surface area contributed by atoms with Crippen LogP contribution in [0.1, 0.15) is 117 Å². The lowest BCUT2D eigenvalue weighted by atomic mass is 9.45. The molecule has 4 aliphatic rings. The molecule has 0 aromatic carbocycles. The highest BCUT2D eigenvalue weighted by Gasteiger charge is 2.59. The highest BCUT2D eigenvalue weighted by molar-refractivity contribution is 5.10. The van der Waals surface area contributed by atoms with Crippen molar-refractivity contribution >= 4 is 0 Å². The minimum atomic E-state index is 0.572. The van der Waals surface area contributed by atoms with Crippen LogP contribution in [0.5, 0.6) is 0 Å². The van der Waals surface area contributed by atoms with Crippen molar-refractivity contribution in [3.05, 3.63) is 18.0 Å². The molecule has 2 heteroatoms. The molecule has 4 aliphatic carbocycles. The summed E-state index contributed by atoms with van der Waals surface area (Å²) in [5.41, 5.74) is 2.62. The Morgan fingerprint density at radius 1 is 0.969 bits per heavy atom. The van der Waals surface area contributed by atoms with Crippen molar-refractivity contribution < 1.29 is 0 Å². The van der Waals surface area contributed by atoms with Crippen LogP contribution in [-0.2, 0) is 6.54 Å². The summed E-state index contributed by atoms with van der Waals surface area (Å²) in [6.45, 7) is 16.0. The molecule has 1 heterocycles. The predicted molar refractivity (Wildman–Crippen MR) is 134 cm³/mol. The van der Waals surface area contributed by atoms with Gasteiger partial charge in [0.2, 0.25) is 0 Å². The highest BCUT2D eigenvalue weighted by atomic mass is 15.3. The molecule has 0 aliphatic heterocycles. The van der Waals surface area contributed by atoms with E-state index in [4.69, 9.17) is 5.10 Å². The Bertz CT molecular complexity index is 795. The van der Waals surface area contributed by atoms with Gasteiger partial charge < -0.3 is 0 Å². The third kappa shape index (κ3) is 3.70. The standard InChI is InChI=1S/C30H50N2/c1-7-22-8-9-27-24-13-15-30(6)26(21(4)18-32-19-23(17-31-32)20(2)3)10-11-28(30)25(24)12-14-29(27,5)16-22/h17,19-22,24-28H,7-16,18H2,1-6H3. The van der Waals surface area contributed by atoms with E-state index in [0.717, 1.165) is 48.0 Å². The first-order valence-corrected chi connectivity index (χ1v) is 14.3. The van der Waals surface area contributed by atoms with E-state index in [1.807, 2.05) is 0 Å². The lowest BCUT2D eigenvalue weighted by Crippen LogP contribution is -2.52. The predicted octanol–water partition coefficient (Wildman–Crippen LogP) is 8.33. The molecule has 4 fully saturated rings. The maximum atomic E-state index is 4.72. The van der Waals surface area contributed by atoms with Crippen molar-refractivity contribution in [2.24, 2.45) is 52.3 Å². The smallest absolute Gasteiger partial charge is 0.0524 e. The first-order chi connectivity index (χ1) is 15.2. The van der Waals surface area contributed by atoms with Crippen molar-refractivity contribution in [2.75, 3.05) is 0 Å². The lowest BCUT2D eigenvalue weighted by molar-refractivity contribution is -0.108. The van der Waals surface area contributed by atoms with Gasteiger partial charge in [-0.15, -0.1) is 0 Å². The minimum Gasteiger partial charge on any atom is -0.272 e. The van der Waals surface area contributed by atoms with Crippen LogP contribution in [-0.4, -0.2) is 9.78 Å². The summed E-state index contributed by atoms with van der Waals surface area (Å²) in [6, 6.07) is 0. The van der Waals surface area contributed by atoms with E-state index in [0.29, 0.717) is 16.7 Å². The molecule has 4 saturated carbocycles. The Balaban J connectivity index is 1.29. The van der Waals surface area contributed by atoms with E-state index in [-0.39, 0.29) is 0 Å². The van der Waals surface area contributed by atoms with Crippen LogP contribution in [0.4, 0.5) is 0 Å². The van der Waals surface area contributed by atoms with Crippen LogP contribution in [0.3, 0.4) is 0 Å². The largest absolute Gasteiger partial charge is 0.272 e. The minimum absolute atomic E-state index is 0.572. The fourth-order valence-electron chi connectivity index (χ4n) is 9.95. The maximum absolute atomic E-state index is 4.72. The van der Waals surface area contributed by atoms with E-state index in [1.165, 1.54) is 69.8 Å². The molecule has 0 spiro atoms. The van der Waals surface area contributed by atoms with Gasteiger partial charge in [-0.1, -0.05) is 54.4 Å². The molecule has 0 radical (unpaired) electrons. The molecule has 0 bridgehead atoms. The van der Waals surface area contributed by atoms with Crippen molar-refractivity contribution in [1.29, 1.82) is 0 Å². The Morgan fingerprint density at radius 3 is 2.41 bits per heavy atom. The summed E-state index contributed by atoms with van der Waals surface area (Å²) in [7, 11) is 0. The van der Waals surface area contributed by atoms with Gasteiger partial charge in [0.05, 0.1) is 6.20 Å². The van der Waals surface area contributed by atoms with E-state index in [2.05, 4.69) is 58.6 Å². The number of fused-ring (bicyclic) bond motifs is 5. The van der Waals surface area contributed by atoms with Gasteiger partial charge >= 0.3 is 0 Å². The second-order valence-corrected chi connectivity index (χ2v) is 13.6. The number of aromatic nitrogens is 2. The molecule has 9 atom stereocenters. The van der Waals surface area contributed by atoms with E-state index < -0.39 is 0 Å². The molecule has 0 amide bonds. The van der Waals surface area contributed by atoms with Crippen LogP contribution in [0.2, 0.25) is 0 Å². The van der Waals surface area contributed by atoms with Gasteiger partial charge in [-0.2, -0.15) is 5.10 Å². The fraction of sp³-hybridized carbons (Fsp3) is 0.900. The molecule has 1 aromatic rings. The van der Waals surface area contributed by atoms with Crippen molar-refractivity contribution in [3.63, 3.8) is 0 Å². The molecule has 1 aromatic heterocycles. The van der Waals surface area contributed by atoms with Gasteiger partial charge in [0, 0.05) is 12.7 Å². The van der Waals surface area contributed by atoms with E-state index in [1.54, 1.807) is 0 Å². The fourth-order valence-corrected chi connectivity index (χ4v) is 9.95. The SMILES string of the molecule is CCC1CCC2C3CCC4(C)C(C(C)Cn5cc(C(C)C)cn5)CCC4C3CCC2(C)C1. The molecule has 0 saturated heterocycles. The third-order valence-electron chi connectivity index (χ3n) is 11.7. The summed E-state index contributed by atoms with van der Waals surface area (Å²) in [6.07, 6.45) is 19.4. The average molecular weight is 439 g/mol. The number of nitrogens with zero attached hydrogens (tertiary/aromatic N) is 2. The quantitative estimate of drug-likeness (QED) is 0.452. The Kier molecular flexibility index (Phi) is 6.07.